The van der Waals surface area contributed by atoms with Crippen LogP contribution in [0.1, 0.15) is 27.2 Å². The van der Waals surface area contributed by atoms with E-state index in [-0.39, 0.29) is 11.9 Å². The molecule has 0 aliphatic carbocycles. The maximum atomic E-state index is 8.80. The topological polar surface area (TPSA) is 80.3 Å². The van der Waals surface area contributed by atoms with Crippen LogP contribution in [-0.2, 0) is 9.47 Å². The Bertz CT molecular complexity index is 215. The van der Waals surface area contributed by atoms with Gasteiger partial charge in [0.15, 0.2) is 5.84 Å². The normalized spacial score (nSPS) is 14.1. The van der Waals surface area contributed by atoms with Crippen molar-refractivity contribution >= 4 is 5.84 Å². The molecular formula is C12H27N3O3. The monoisotopic (exact) mass is 261 g/mol. The number of amidine groups is 1. The summed E-state index contributed by atoms with van der Waals surface area (Å²) in [5.74, 6) is 0.241. The SMILES string of the molecule is CCOCCN(CCOCC)C(CC)C(N)=NO. The molecule has 3 N–H and O–H groups in total. The molecule has 0 saturated heterocycles. The molecule has 0 aromatic heterocycles. The average molecular weight is 261 g/mol. The molecule has 1 atom stereocenters. The van der Waals surface area contributed by atoms with Gasteiger partial charge in [-0.15, -0.1) is 0 Å². The fraction of sp³-hybridized carbons (Fsp3) is 0.917. The Kier molecular flexibility index (Phi) is 10.7. The molecular weight excluding hydrogens is 234 g/mol. The van der Waals surface area contributed by atoms with E-state index in [2.05, 4.69) is 10.1 Å². The largest absolute Gasteiger partial charge is 0.409 e. The zero-order valence-electron chi connectivity index (χ0n) is 11.8. The molecule has 0 aliphatic heterocycles. The van der Waals surface area contributed by atoms with Crippen molar-refractivity contribution in [3.05, 3.63) is 0 Å². The molecule has 0 heterocycles. The van der Waals surface area contributed by atoms with Crippen LogP contribution in [0.15, 0.2) is 5.16 Å². The first kappa shape index (κ1) is 17.2. The van der Waals surface area contributed by atoms with Crippen molar-refractivity contribution in [3.8, 4) is 0 Å². The molecule has 0 amide bonds. The second-order valence-electron chi connectivity index (χ2n) is 3.88. The highest BCUT2D eigenvalue weighted by Gasteiger charge is 2.20. The number of hydrogen-bond donors (Lipinski definition) is 2. The van der Waals surface area contributed by atoms with Gasteiger partial charge in [-0.1, -0.05) is 12.1 Å². The van der Waals surface area contributed by atoms with E-state index < -0.39 is 0 Å². The number of nitrogens with zero attached hydrogens (tertiary/aromatic N) is 2. The summed E-state index contributed by atoms with van der Waals surface area (Å²) in [4.78, 5) is 2.13. The molecule has 0 bridgehead atoms. The highest BCUT2D eigenvalue weighted by atomic mass is 16.5. The minimum Gasteiger partial charge on any atom is -0.409 e. The van der Waals surface area contributed by atoms with E-state index in [0.29, 0.717) is 26.4 Å². The lowest BCUT2D eigenvalue weighted by molar-refractivity contribution is 0.0733. The molecule has 0 spiro atoms. The fourth-order valence-electron chi connectivity index (χ4n) is 1.80. The Hall–Kier alpha value is -0.850. The minimum absolute atomic E-state index is 0.0732. The van der Waals surface area contributed by atoms with Gasteiger partial charge in [0, 0.05) is 26.3 Å². The zero-order valence-corrected chi connectivity index (χ0v) is 11.8. The lowest BCUT2D eigenvalue weighted by Gasteiger charge is -2.29. The number of rotatable bonds is 11. The van der Waals surface area contributed by atoms with Crippen LogP contribution < -0.4 is 5.73 Å². The molecule has 0 fully saturated rings. The maximum absolute atomic E-state index is 8.80. The molecule has 1 unspecified atom stereocenters. The van der Waals surface area contributed by atoms with Gasteiger partial charge in [0.05, 0.1) is 19.3 Å². The Morgan fingerprint density at radius 2 is 1.67 bits per heavy atom. The van der Waals surface area contributed by atoms with Crippen LogP contribution in [-0.4, -0.2) is 61.5 Å². The van der Waals surface area contributed by atoms with Gasteiger partial charge >= 0.3 is 0 Å². The Labute approximate surface area is 110 Å². The lowest BCUT2D eigenvalue weighted by Crippen LogP contribution is -2.47. The van der Waals surface area contributed by atoms with Gasteiger partial charge < -0.3 is 20.4 Å². The summed E-state index contributed by atoms with van der Waals surface area (Å²) in [7, 11) is 0. The third-order valence-corrected chi connectivity index (χ3v) is 2.74. The summed E-state index contributed by atoms with van der Waals surface area (Å²) in [6, 6.07) is -0.0732. The van der Waals surface area contributed by atoms with Gasteiger partial charge in [0.25, 0.3) is 0 Å². The number of hydrogen-bond acceptors (Lipinski definition) is 5. The summed E-state index contributed by atoms with van der Waals surface area (Å²) in [6.45, 7) is 10.1. The first-order valence-corrected chi connectivity index (χ1v) is 6.58. The van der Waals surface area contributed by atoms with Gasteiger partial charge in [-0.2, -0.15) is 0 Å². The van der Waals surface area contributed by atoms with E-state index >= 15 is 0 Å². The number of ether oxygens (including phenoxy) is 2. The predicted octanol–water partition coefficient (Wildman–Crippen LogP) is 0.886. The number of oxime groups is 1. The van der Waals surface area contributed by atoms with Crippen molar-refractivity contribution in [2.24, 2.45) is 10.9 Å². The molecule has 108 valence electrons. The molecule has 0 saturated carbocycles. The molecule has 0 aliphatic rings. The van der Waals surface area contributed by atoms with Crippen LogP contribution in [0.4, 0.5) is 0 Å². The Morgan fingerprint density at radius 3 is 2.00 bits per heavy atom. The second kappa shape index (κ2) is 11.3. The van der Waals surface area contributed by atoms with Gasteiger partial charge in [0.2, 0.25) is 0 Å². The first-order valence-electron chi connectivity index (χ1n) is 6.58. The van der Waals surface area contributed by atoms with Crippen molar-refractivity contribution in [2.75, 3.05) is 39.5 Å². The third-order valence-electron chi connectivity index (χ3n) is 2.74. The molecule has 0 aromatic carbocycles. The predicted molar refractivity (Wildman–Crippen MR) is 72.0 cm³/mol. The lowest BCUT2D eigenvalue weighted by atomic mass is 10.1. The molecule has 0 rings (SSSR count). The van der Waals surface area contributed by atoms with Crippen molar-refractivity contribution in [1.29, 1.82) is 0 Å². The van der Waals surface area contributed by atoms with Crippen molar-refractivity contribution < 1.29 is 14.7 Å². The second-order valence-corrected chi connectivity index (χ2v) is 3.88. The summed E-state index contributed by atoms with van der Waals surface area (Å²) in [5, 5.41) is 11.9. The maximum Gasteiger partial charge on any atom is 0.156 e. The van der Waals surface area contributed by atoms with Gasteiger partial charge in [-0.3, -0.25) is 4.90 Å². The average Bonchev–Trinajstić information content (AvgIpc) is 2.39. The van der Waals surface area contributed by atoms with Crippen LogP contribution in [0.5, 0.6) is 0 Å². The van der Waals surface area contributed by atoms with Crippen LogP contribution in [0, 0.1) is 0 Å². The van der Waals surface area contributed by atoms with E-state index in [0.717, 1.165) is 19.5 Å². The van der Waals surface area contributed by atoms with Crippen LogP contribution >= 0.6 is 0 Å². The molecule has 18 heavy (non-hydrogen) atoms. The highest BCUT2D eigenvalue weighted by Crippen LogP contribution is 2.05. The van der Waals surface area contributed by atoms with Gasteiger partial charge in [-0.05, 0) is 20.3 Å². The van der Waals surface area contributed by atoms with E-state index in [9.17, 15) is 0 Å². The van der Waals surface area contributed by atoms with E-state index in [1.807, 2.05) is 20.8 Å². The van der Waals surface area contributed by atoms with Gasteiger partial charge in [0.1, 0.15) is 0 Å². The minimum atomic E-state index is -0.0732. The summed E-state index contributed by atoms with van der Waals surface area (Å²) < 4.78 is 10.7. The van der Waals surface area contributed by atoms with Crippen molar-refractivity contribution in [2.45, 2.75) is 33.2 Å². The van der Waals surface area contributed by atoms with E-state index in [1.165, 1.54) is 0 Å². The molecule has 6 heteroatoms. The van der Waals surface area contributed by atoms with Crippen LogP contribution in [0.25, 0.3) is 0 Å². The fourth-order valence-corrected chi connectivity index (χ4v) is 1.80. The summed E-state index contributed by atoms with van der Waals surface area (Å²) >= 11 is 0. The smallest absolute Gasteiger partial charge is 0.156 e. The summed E-state index contributed by atoms with van der Waals surface area (Å²) in [6.07, 6.45) is 0.786. The first-order chi connectivity index (χ1) is 8.71. The molecule has 0 radical (unpaired) electrons. The zero-order chi connectivity index (χ0) is 13.8. The number of nitrogens with two attached hydrogens (primary N) is 1. The quantitative estimate of drug-likeness (QED) is 0.190. The van der Waals surface area contributed by atoms with Crippen molar-refractivity contribution in [3.63, 3.8) is 0 Å². The Balaban J connectivity index is 4.39. The van der Waals surface area contributed by atoms with Crippen molar-refractivity contribution in [1.82, 2.24) is 4.90 Å². The van der Waals surface area contributed by atoms with Crippen LogP contribution in [0.3, 0.4) is 0 Å². The highest BCUT2D eigenvalue weighted by molar-refractivity contribution is 5.85. The van der Waals surface area contributed by atoms with Crippen LogP contribution in [0.2, 0.25) is 0 Å². The van der Waals surface area contributed by atoms with E-state index in [4.69, 9.17) is 20.4 Å². The third kappa shape index (κ3) is 6.78. The summed E-state index contributed by atoms with van der Waals surface area (Å²) in [5.41, 5.74) is 5.71. The molecule has 0 aromatic rings. The molecule has 6 nitrogen and oxygen atoms in total. The Morgan fingerprint density at radius 1 is 1.17 bits per heavy atom. The van der Waals surface area contributed by atoms with E-state index in [1.54, 1.807) is 0 Å². The van der Waals surface area contributed by atoms with Gasteiger partial charge in [-0.25, -0.2) is 0 Å². The standard InChI is InChI=1S/C12H27N3O3/c1-4-11(12(13)14-16)15(7-9-17-5-2)8-10-18-6-3/h11,16H,4-10H2,1-3H3,(H2,13,14).